The van der Waals surface area contributed by atoms with Crippen molar-refractivity contribution in [2.24, 2.45) is 0 Å². The van der Waals surface area contributed by atoms with E-state index in [1.165, 1.54) is 50.5 Å². The number of ether oxygens (including phenoxy) is 1. The highest BCUT2D eigenvalue weighted by atomic mass is 32.2. The first-order valence-corrected chi connectivity index (χ1v) is 13.1. The number of carbonyl (C=O) groups excluding carboxylic acids is 1. The molecule has 0 aliphatic carbocycles. The number of esters is 1. The molecule has 0 aliphatic heterocycles. The summed E-state index contributed by atoms with van der Waals surface area (Å²) >= 11 is 0. The number of rotatable bonds is 9. The second-order valence-corrected chi connectivity index (χ2v) is 11.2. The number of aromatic nitrogens is 2. The molecule has 0 saturated heterocycles. The van der Waals surface area contributed by atoms with E-state index in [0.29, 0.717) is 23.4 Å². The summed E-state index contributed by atoms with van der Waals surface area (Å²) in [4.78, 5) is 17.1. The molecule has 10 nitrogen and oxygen atoms in total. The van der Waals surface area contributed by atoms with Gasteiger partial charge in [-0.2, -0.15) is 0 Å². The normalized spacial score (nSPS) is 12.4. The maximum absolute atomic E-state index is 12.6. The van der Waals surface area contributed by atoms with Gasteiger partial charge in [0.25, 0.3) is 0 Å². The second-order valence-electron chi connectivity index (χ2n) is 7.32. The van der Waals surface area contributed by atoms with E-state index in [4.69, 9.17) is 4.74 Å². The van der Waals surface area contributed by atoms with Crippen LogP contribution in [0.2, 0.25) is 0 Å². The minimum absolute atomic E-state index is 0.0331. The maximum Gasteiger partial charge on any atom is 0.338 e. The molecule has 0 amide bonds. The monoisotopic (exact) mass is 494 g/mol. The first kappa shape index (κ1) is 24.8. The van der Waals surface area contributed by atoms with Crippen LogP contribution in [0.5, 0.6) is 0 Å². The van der Waals surface area contributed by atoms with E-state index in [9.17, 15) is 21.6 Å². The largest absolute Gasteiger partial charge is 0.454 e. The molecule has 12 heteroatoms. The van der Waals surface area contributed by atoms with E-state index in [0.717, 1.165) is 4.31 Å². The summed E-state index contributed by atoms with van der Waals surface area (Å²) in [6, 6.07) is 10.2. The van der Waals surface area contributed by atoms with Crippen LogP contribution in [0.3, 0.4) is 0 Å². The Morgan fingerprint density at radius 2 is 1.79 bits per heavy atom. The number of benzene rings is 2. The molecule has 0 saturated carbocycles. The average molecular weight is 495 g/mol. The van der Waals surface area contributed by atoms with Gasteiger partial charge in [-0.3, -0.25) is 0 Å². The molecule has 1 aromatic heterocycles. The highest BCUT2D eigenvalue weighted by Gasteiger charge is 2.21. The molecule has 0 fully saturated rings. The summed E-state index contributed by atoms with van der Waals surface area (Å²) in [6.45, 7) is 4.14. The lowest BCUT2D eigenvalue weighted by atomic mass is 10.2. The Labute approximate surface area is 193 Å². The number of aryl methyl sites for hydroxylation is 1. The van der Waals surface area contributed by atoms with Crippen LogP contribution in [0.25, 0.3) is 11.0 Å². The third kappa shape index (κ3) is 5.08. The average Bonchev–Trinajstić information content (AvgIpc) is 3.14. The van der Waals surface area contributed by atoms with E-state index in [-0.39, 0.29) is 28.5 Å². The summed E-state index contributed by atoms with van der Waals surface area (Å²) in [5.41, 5.74) is 1.26. The van der Waals surface area contributed by atoms with Gasteiger partial charge in [-0.25, -0.2) is 35.6 Å². The van der Waals surface area contributed by atoms with Gasteiger partial charge in [0.05, 0.1) is 26.4 Å². The van der Waals surface area contributed by atoms with Crippen LogP contribution in [0, 0.1) is 0 Å². The fourth-order valence-corrected chi connectivity index (χ4v) is 5.28. The van der Waals surface area contributed by atoms with Gasteiger partial charge in [0.15, 0.2) is 0 Å². The summed E-state index contributed by atoms with van der Waals surface area (Å²) in [5.74, 6) is -0.259. The number of hydrogen-bond acceptors (Lipinski definition) is 7. The highest BCUT2D eigenvalue weighted by Crippen LogP contribution is 2.23. The number of sulfonamides is 2. The van der Waals surface area contributed by atoms with Crippen molar-refractivity contribution >= 4 is 37.0 Å². The molecule has 0 atom stereocenters. The molecule has 1 N–H and O–H groups in total. The van der Waals surface area contributed by atoms with Crippen molar-refractivity contribution in [1.82, 2.24) is 18.6 Å². The van der Waals surface area contributed by atoms with E-state index in [2.05, 4.69) is 9.71 Å². The molecule has 0 bridgehead atoms. The Kier molecular flexibility index (Phi) is 7.22. The Balaban J connectivity index is 1.86. The van der Waals surface area contributed by atoms with Gasteiger partial charge in [0.1, 0.15) is 12.4 Å². The number of hydrogen-bond donors (Lipinski definition) is 1. The van der Waals surface area contributed by atoms with Gasteiger partial charge in [-0.15, -0.1) is 0 Å². The van der Waals surface area contributed by atoms with Crippen LogP contribution in [0.15, 0.2) is 52.3 Å². The summed E-state index contributed by atoms with van der Waals surface area (Å²) < 4.78 is 59.9. The van der Waals surface area contributed by atoms with Crippen LogP contribution >= 0.6 is 0 Å². The van der Waals surface area contributed by atoms with Crippen molar-refractivity contribution in [3.05, 3.63) is 53.9 Å². The van der Waals surface area contributed by atoms with Gasteiger partial charge in [0, 0.05) is 27.2 Å². The Morgan fingerprint density at radius 3 is 2.42 bits per heavy atom. The quantitative estimate of drug-likeness (QED) is 0.450. The van der Waals surface area contributed by atoms with Gasteiger partial charge >= 0.3 is 5.97 Å². The third-order valence-corrected chi connectivity index (χ3v) is 8.29. The van der Waals surface area contributed by atoms with Crippen LogP contribution in [0.1, 0.15) is 30.0 Å². The second kappa shape index (κ2) is 9.59. The van der Waals surface area contributed by atoms with Crippen molar-refractivity contribution in [2.75, 3.05) is 20.6 Å². The van der Waals surface area contributed by atoms with Crippen LogP contribution in [0.4, 0.5) is 0 Å². The molecule has 2 aromatic carbocycles. The zero-order valence-electron chi connectivity index (χ0n) is 18.8. The van der Waals surface area contributed by atoms with Crippen molar-refractivity contribution in [3.8, 4) is 0 Å². The molecule has 3 rings (SSSR count). The minimum atomic E-state index is -3.71. The summed E-state index contributed by atoms with van der Waals surface area (Å²) in [7, 11) is -4.42. The highest BCUT2D eigenvalue weighted by molar-refractivity contribution is 7.89. The predicted octanol–water partition coefficient (Wildman–Crippen LogP) is 1.96. The van der Waals surface area contributed by atoms with Crippen molar-refractivity contribution < 1.29 is 26.4 Å². The van der Waals surface area contributed by atoms with Gasteiger partial charge in [-0.1, -0.05) is 13.0 Å². The van der Waals surface area contributed by atoms with E-state index in [1.54, 1.807) is 13.0 Å². The van der Waals surface area contributed by atoms with Gasteiger partial charge in [0.2, 0.25) is 20.0 Å². The summed E-state index contributed by atoms with van der Waals surface area (Å²) in [5, 5.41) is 0. The number of nitrogens with zero attached hydrogens (tertiary/aromatic N) is 3. The first-order chi connectivity index (χ1) is 15.5. The molecule has 1 heterocycles. The van der Waals surface area contributed by atoms with Crippen molar-refractivity contribution in [3.63, 3.8) is 0 Å². The number of fused-ring (bicyclic) bond motifs is 1. The minimum Gasteiger partial charge on any atom is -0.454 e. The Hall–Kier alpha value is -2.80. The van der Waals surface area contributed by atoms with Crippen molar-refractivity contribution in [2.45, 2.75) is 36.8 Å². The fraction of sp³-hybridized carbons (Fsp3) is 0.333. The Morgan fingerprint density at radius 1 is 1.06 bits per heavy atom. The maximum atomic E-state index is 12.6. The zero-order valence-corrected chi connectivity index (χ0v) is 20.4. The zero-order chi connectivity index (χ0) is 24.4. The first-order valence-electron chi connectivity index (χ1n) is 10.2. The SMILES string of the molecule is CCNS(=O)(=O)c1cccc(C(=O)OCc2nc3cc(S(=O)(=O)N(C)C)ccc3n2CC)c1. The van der Waals surface area contributed by atoms with Gasteiger partial charge < -0.3 is 9.30 Å². The topological polar surface area (TPSA) is 128 Å². The lowest BCUT2D eigenvalue weighted by Crippen LogP contribution is -2.23. The molecular weight excluding hydrogens is 468 g/mol. The van der Waals surface area contributed by atoms with E-state index < -0.39 is 26.0 Å². The molecule has 178 valence electrons. The smallest absolute Gasteiger partial charge is 0.338 e. The third-order valence-electron chi connectivity index (χ3n) is 4.94. The number of imidazole rings is 1. The predicted molar refractivity (Wildman–Crippen MR) is 123 cm³/mol. The fourth-order valence-electron chi connectivity index (χ4n) is 3.27. The molecule has 0 spiro atoms. The lowest BCUT2D eigenvalue weighted by Gasteiger charge is -2.11. The lowest BCUT2D eigenvalue weighted by molar-refractivity contribution is 0.0458. The number of carbonyl (C=O) groups is 1. The van der Waals surface area contributed by atoms with E-state index >= 15 is 0 Å². The van der Waals surface area contributed by atoms with Crippen LogP contribution in [-0.4, -0.2) is 57.3 Å². The Bertz CT molecular complexity index is 1400. The van der Waals surface area contributed by atoms with Crippen molar-refractivity contribution in [1.29, 1.82) is 0 Å². The molecule has 3 aromatic rings. The molecule has 33 heavy (non-hydrogen) atoms. The molecule has 0 unspecified atom stereocenters. The molecular formula is C21H26N4O6S2. The number of nitrogens with one attached hydrogen (secondary N) is 1. The summed E-state index contributed by atoms with van der Waals surface area (Å²) in [6.07, 6.45) is 0. The molecule has 0 aliphatic rings. The van der Waals surface area contributed by atoms with E-state index in [1.807, 2.05) is 11.5 Å². The standard InChI is InChI=1S/C21H26N4O6S2/c1-5-22-32(27,28)16-9-7-8-15(12-16)21(26)31-14-20-23-18-13-17(33(29,30)24(3)4)10-11-19(18)25(20)6-2/h7-13,22H,5-6,14H2,1-4H3. The van der Waals surface area contributed by atoms with Gasteiger partial charge in [-0.05, 0) is 43.3 Å². The van der Waals surface area contributed by atoms with Crippen LogP contribution in [-0.2, 0) is 37.9 Å². The molecule has 0 radical (unpaired) electrons. The van der Waals surface area contributed by atoms with Crippen LogP contribution < -0.4 is 4.72 Å².